The third-order valence-electron chi connectivity index (χ3n) is 2.35. The first kappa shape index (κ1) is 13.8. The van der Waals surface area contributed by atoms with Crippen LogP contribution in [-0.2, 0) is 4.79 Å². The number of hydrogen-bond donors (Lipinski definition) is 3. The number of H-pyrrole nitrogens is 1. The number of aromatic nitrogens is 2. The van der Waals surface area contributed by atoms with Gasteiger partial charge in [-0.3, -0.25) is 9.78 Å². The Balaban J connectivity index is 2.86. The monoisotopic (exact) mass is 310 g/mol. The number of carbonyl (C=O) groups excluding carboxylic acids is 1. The van der Waals surface area contributed by atoms with Gasteiger partial charge in [0, 0.05) is 13.1 Å². The lowest BCUT2D eigenvalue weighted by Crippen LogP contribution is -2.09. The number of carbonyl (C=O) groups is 1. The minimum Gasteiger partial charge on any atom is -0.338 e. The highest BCUT2D eigenvalue weighted by atomic mass is 35.5. The summed E-state index contributed by atoms with van der Waals surface area (Å²) in [6.45, 7) is 1.36. The SMILES string of the molecule is CC(=O)Nc1[nH]c2c(Cl)c(C#N)cnc2c(=S)c1S. The van der Waals surface area contributed by atoms with Crippen LogP contribution in [0.4, 0.5) is 5.82 Å². The molecule has 2 rings (SSSR count). The molecule has 2 aromatic rings. The van der Waals surface area contributed by atoms with Crippen molar-refractivity contribution in [1.82, 2.24) is 9.97 Å². The van der Waals surface area contributed by atoms with Gasteiger partial charge in [-0.2, -0.15) is 5.26 Å². The molecule has 2 N–H and O–H groups in total. The summed E-state index contributed by atoms with van der Waals surface area (Å²) in [7, 11) is 0. The molecule has 0 bridgehead atoms. The molecular weight excluding hydrogens is 304 g/mol. The third kappa shape index (κ3) is 2.42. The van der Waals surface area contributed by atoms with Crippen LogP contribution in [-0.4, -0.2) is 15.9 Å². The van der Waals surface area contributed by atoms with Crippen molar-refractivity contribution in [2.24, 2.45) is 0 Å². The van der Waals surface area contributed by atoms with Gasteiger partial charge in [-0.05, 0) is 0 Å². The Hall–Kier alpha value is -1.62. The summed E-state index contributed by atoms with van der Waals surface area (Å²) in [6.07, 6.45) is 1.35. The molecule has 0 spiro atoms. The number of amides is 1. The number of halogens is 1. The number of pyridine rings is 2. The largest absolute Gasteiger partial charge is 0.338 e. The fourth-order valence-electron chi connectivity index (χ4n) is 1.53. The summed E-state index contributed by atoms with van der Waals surface area (Å²) in [6, 6.07) is 1.93. The molecular formula is C11H7ClN4OS2. The molecule has 2 aromatic heterocycles. The average molecular weight is 311 g/mol. The Morgan fingerprint density at radius 3 is 2.95 bits per heavy atom. The standard InChI is InChI=1S/C11H7ClN4OS2/c1-4(17)15-11-10(19)9(18)8-7(16-11)6(12)5(2-13)3-14-8/h3,19H,1H3,(H2,15,16,17,18). The van der Waals surface area contributed by atoms with E-state index in [0.29, 0.717) is 26.3 Å². The van der Waals surface area contributed by atoms with Crippen LogP contribution in [0.5, 0.6) is 0 Å². The van der Waals surface area contributed by atoms with Gasteiger partial charge in [0.05, 0.1) is 25.5 Å². The average Bonchev–Trinajstić information content (AvgIpc) is 2.36. The molecule has 0 aromatic carbocycles. The van der Waals surface area contributed by atoms with E-state index in [1.54, 1.807) is 0 Å². The zero-order valence-electron chi connectivity index (χ0n) is 9.61. The van der Waals surface area contributed by atoms with Crippen LogP contribution < -0.4 is 5.32 Å². The molecule has 0 aliphatic rings. The number of fused-ring (bicyclic) bond motifs is 1. The summed E-state index contributed by atoms with van der Waals surface area (Å²) >= 11 is 15.6. The van der Waals surface area contributed by atoms with Crippen LogP contribution in [0.1, 0.15) is 12.5 Å². The topological polar surface area (TPSA) is 81.6 Å². The van der Waals surface area contributed by atoms with Gasteiger partial charge < -0.3 is 10.3 Å². The molecule has 1 amide bonds. The molecule has 0 saturated carbocycles. The van der Waals surface area contributed by atoms with Crippen molar-refractivity contribution >= 4 is 59.2 Å². The first-order valence-electron chi connectivity index (χ1n) is 5.06. The second-order valence-corrected chi connectivity index (χ2v) is 4.91. The van der Waals surface area contributed by atoms with E-state index in [9.17, 15) is 4.79 Å². The lowest BCUT2D eigenvalue weighted by atomic mass is 10.2. The van der Waals surface area contributed by atoms with E-state index in [0.717, 1.165) is 0 Å². The fourth-order valence-corrected chi connectivity index (χ4v) is 2.23. The number of rotatable bonds is 1. The summed E-state index contributed by atoms with van der Waals surface area (Å²) in [4.78, 5) is 18.5. The van der Waals surface area contributed by atoms with Crippen LogP contribution in [0.25, 0.3) is 11.0 Å². The number of thiol groups is 1. The van der Waals surface area contributed by atoms with E-state index in [2.05, 4.69) is 27.9 Å². The molecule has 2 heterocycles. The van der Waals surface area contributed by atoms with E-state index in [4.69, 9.17) is 29.1 Å². The Bertz CT molecular complexity index is 794. The summed E-state index contributed by atoms with van der Waals surface area (Å²) in [5, 5.41) is 11.7. The second-order valence-electron chi connectivity index (χ2n) is 3.68. The van der Waals surface area contributed by atoms with Crippen LogP contribution >= 0.6 is 36.4 Å². The maximum Gasteiger partial charge on any atom is 0.222 e. The van der Waals surface area contributed by atoms with Gasteiger partial charge in [0.15, 0.2) is 0 Å². The van der Waals surface area contributed by atoms with Gasteiger partial charge in [-0.15, -0.1) is 12.6 Å². The summed E-state index contributed by atoms with van der Waals surface area (Å²) < 4.78 is 0.354. The van der Waals surface area contributed by atoms with Gasteiger partial charge >= 0.3 is 0 Å². The summed E-state index contributed by atoms with van der Waals surface area (Å²) in [5.41, 5.74) is 1.05. The predicted octanol–water partition coefficient (Wildman–Crippen LogP) is 3.06. The van der Waals surface area contributed by atoms with Crippen molar-refractivity contribution in [1.29, 1.82) is 5.26 Å². The number of nitrogens with zero attached hydrogens (tertiary/aromatic N) is 2. The third-order valence-corrected chi connectivity index (χ3v) is 3.74. The zero-order chi connectivity index (χ0) is 14.2. The van der Waals surface area contributed by atoms with Crippen molar-refractivity contribution in [3.63, 3.8) is 0 Å². The maximum absolute atomic E-state index is 11.1. The van der Waals surface area contributed by atoms with E-state index >= 15 is 0 Å². The maximum atomic E-state index is 11.1. The van der Waals surface area contributed by atoms with Gasteiger partial charge in [0.2, 0.25) is 5.91 Å². The quantitative estimate of drug-likeness (QED) is 0.558. The molecule has 0 radical (unpaired) electrons. The lowest BCUT2D eigenvalue weighted by Gasteiger charge is -2.10. The predicted molar refractivity (Wildman–Crippen MR) is 78.2 cm³/mol. The highest BCUT2D eigenvalue weighted by Gasteiger charge is 2.13. The highest BCUT2D eigenvalue weighted by molar-refractivity contribution is 7.81. The molecule has 0 saturated heterocycles. The number of hydrogen-bond acceptors (Lipinski definition) is 5. The van der Waals surface area contributed by atoms with E-state index in [1.165, 1.54) is 13.1 Å². The second kappa shape index (κ2) is 5.17. The normalized spacial score (nSPS) is 10.2. The molecule has 96 valence electrons. The fraction of sp³-hybridized carbons (Fsp3) is 0.0909. The van der Waals surface area contributed by atoms with Gasteiger partial charge in [-0.25, -0.2) is 0 Å². The molecule has 0 unspecified atom stereocenters. The number of nitriles is 1. The molecule has 0 fully saturated rings. The van der Waals surface area contributed by atoms with Crippen LogP contribution in [0.2, 0.25) is 5.02 Å². The molecule has 8 heteroatoms. The highest BCUT2D eigenvalue weighted by Crippen LogP contribution is 2.30. The first-order chi connectivity index (χ1) is 8.95. The molecule has 0 aliphatic carbocycles. The van der Waals surface area contributed by atoms with E-state index in [1.807, 2.05) is 6.07 Å². The van der Waals surface area contributed by atoms with Crippen molar-refractivity contribution < 1.29 is 4.79 Å². The molecule has 5 nitrogen and oxygen atoms in total. The van der Waals surface area contributed by atoms with E-state index in [-0.39, 0.29) is 16.5 Å². The van der Waals surface area contributed by atoms with Crippen molar-refractivity contribution in [3.05, 3.63) is 21.3 Å². The number of aromatic amines is 1. The van der Waals surface area contributed by atoms with Crippen LogP contribution in [0.15, 0.2) is 11.1 Å². The Morgan fingerprint density at radius 1 is 1.68 bits per heavy atom. The number of anilines is 1. The Morgan fingerprint density at radius 2 is 2.37 bits per heavy atom. The van der Waals surface area contributed by atoms with Crippen molar-refractivity contribution in [2.45, 2.75) is 11.8 Å². The van der Waals surface area contributed by atoms with Crippen LogP contribution in [0.3, 0.4) is 0 Å². The molecule has 0 atom stereocenters. The number of nitrogens with one attached hydrogen (secondary N) is 2. The van der Waals surface area contributed by atoms with Gasteiger partial charge in [0.1, 0.15) is 17.4 Å². The van der Waals surface area contributed by atoms with E-state index < -0.39 is 0 Å². The smallest absolute Gasteiger partial charge is 0.222 e. The van der Waals surface area contributed by atoms with Gasteiger partial charge in [0.25, 0.3) is 0 Å². The molecule has 0 aliphatic heterocycles. The van der Waals surface area contributed by atoms with Crippen molar-refractivity contribution in [3.8, 4) is 6.07 Å². The zero-order valence-corrected chi connectivity index (χ0v) is 12.1. The van der Waals surface area contributed by atoms with Crippen LogP contribution in [0, 0.1) is 15.8 Å². The lowest BCUT2D eigenvalue weighted by molar-refractivity contribution is -0.114. The molecule has 19 heavy (non-hydrogen) atoms. The minimum absolute atomic E-state index is 0.207. The van der Waals surface area contributed by atoms with Crippen molar-refractivity contribution in [2.75, 3.05) is 5.32 Å². The minimum atomic E-state index is -0.277. The first-order valence-corrected chi connectivity index (χ1v) is 6.30. The Kier molecular flexibility index (Phi) is 3.75. The Labute approximate surface area is 124 Å². The summed E-state index contributed by atoms with van der Waals surface area (Å²) in [5.74, 6) is 0.0490. The van der Waals surface area contributed by atoms with Gasteiger partial charge in [-0.1, -0.05) is 23.8 Å².